The van der Waals surface area contributed by atoms with Crippen molar-refractivity contribution in [2.45, 2.75) is 39.7 Å². The number of carbonyl (C=O) groups excluding carboxylic acids is 1. The van der Waals surface area contributed by atoms with Crippen molar-refractivity contribution in [2.24, 2.45) is 5.41 Å². The van der Waals surface area contributed by atoms with Gasteiger partial charge in [-0.1, -0.05) is 51.1 Å². The topological polar surface area (TPSA) is 78.4 Å². The molecule has 0 saturated heterocycles. The third-order valence-corrected chi connectivity index (χ3v) is 3.05. The molecule has 116 valence electrons. The van der Waals surface area contributed by atoms with E-state index in [0.29, 0.717) is 6.54 Å². The maximum absolute atomic E-state index is 11.9. The largest absolute Gasteiger partial charge is 0.481 e. The van der Waals surface area contributed by atoms with Crippen molar-refractivity contribution in [3.63, 3.8) is 0 Å². The van der Waals surface area contributed by atoms with Crippen LogP contribution in [0.4, 0.5) is 4.79 Å². The van der Waals surface area contributed by atoms with Gasteiger partial charge in [-0.25, -0.2) is 4.79 Å². The second kappa shape index (κ2) is 7.67. The summed E-state index contributed by atoms with van der Waals surface area (Å²) in [5.41, 5.74) is 0.929. The van der Waals surface area contributed by atoms with Gasteiger partial charge in [0.15, 0.2) is 0 Å². The van der Waals surface area contributed by atoms with Crippen LogP contribution in [0.15, 0.2) is 30.3 Å². The maximum Gasteiger partial charge on any atom is 0.315 e. The highest BCUT2D eigenvalue weighted by molar-refractivity contribution is 5.76. The molecule has 0 aromatic heterocycles. The molecule has 0 fully saturated rings. The van der Waals surface area contributed by atoms with E-state index in [9.17, 15) is 9.59 Å². The Labute approximate surface area is 125 Å². The second-order valence-electron chi connectivity index (χ2n) is 6.27. The number of carboxylic acid groups (broad SMARTS) is 1. The minimum atomic E-state index is -0.946. The van der Waals surface area contributed by atoms with E-state index in [1.165, 1.54) is 0 Å². The Morgan fingerprint density at radius 3 is 2.33 bits per heavy atom. The van der Waals surface area contributed by atoms with Crippen LogP contribution in [0.3, 0.4) is 0 Å². The van der Waals surface area contributed by atoms with E-state index in [1.54, 1.807) is 0 Å². The number of carbonyl (C=O) groups is 2. The van der Waals surface area contributed by atoms with Crippen molar-refractivity contribution < 1.29 is 14.7 Å². The highest BCUT2D eigenvalue weighted by Gasteiger charge is 2.18. The van der Waals surface area contributed by atoms with Gasteiger partial charge in [-0.05, 0) is 17.4 Å². The van der Waals surface area contributed by atoms with E-state index >= 15 is 0 Å². The Bertz CT molecular complexity index is 466. The van der Waals surface area contributed by atoms with E-state index in [-0.39, 0.29) is 17.9 Å². The summed E-state index contributed by atoms with van der Waals surface area (Å²) >= 11 is 0. The first-order valence-electron chi connectivity index (χ1n) is 7.09. The van der Waals surface area contributed by atoms with Crippen LogP contribution in [0.5, 0.6) is 0 Å². The van der Waals surface area contributed by atoms with E-state index in [2.05, 4.69) is 31.4 Å². The summed E-state index contributed by atoms with van der Waals surface area (Å²) in [6.45, 7) is 6.86. The van der Waals surface area contributed by atoms with Gasteiger partial charge in [-0.15, -0.1) is 0 Å². The molecule has 0 heterocycles. The van der Waals surface area contributed by atoms with Gasteiger partial charge >= 0.3 is 12.0 Å². The molecule has 1 rings (SSSR count). The number of aliphatic carboxylic acids is 1. The number of amides is 2. The molecule has 21 heavy (non-hydrogen) atoms. The molecular weight excluding hydrogens is 268 g/mol. The first-order chi connectivity index (χ1) is 9.78. The summed E-state index contributed by atoms with van der Waals surface area (Å²) in [7, 11) is 0. The molecule has 5 heteroatoms. The highest BCUT2D eigenvalue weighted by atomic mass is 16.4. The number of nitrogens with one attached hydrogen (secondary N) is 2. The van der Waals surface area contributed by atoms with Gasteiger partial charge in [-0.2, -0.15) is 0 Å². The molecule has 1 atom stereocenters. The Balaban J connectivity index is 2.57. The van der Waals surface area contributed by atoms with E-state index in [0.717, 1.165) is 12.0 Å². The lowest BCUT2D eigenvalue weighted by molar-refractivity contribution is -0.137. The first-order valence-corrected chi connectivity index (χ1v) is 7.09. The first kappa shape index (κ1) is 17.0. The van der Waals surface area contributed by atoms with Crippen LogP contribution in [-0.4, -0.2) is 23.7 Å². The summed E-state index contributed by atoms with van der Waals surface area (Å²) in [6.07, 6.45) is 0.714. The monoisotopic (exact) mass is 292 g/mol. The summed E-state index contributed by atoms with van der Waals surface area (Å²) in [4.78, 5) is 22.8. The fourth-order valence-electron chi connectivity index (χ4n) is 1.87. The van der Waals surface area contributed by atoms with Crippen LogP contribution < -0.4 is 10.6 Å². The number of rotatable bonds is 6. The second-order valence-corrected chi connectivity index (χ2v) is 6.27. The van der Waals surface area contributed by atoms with Gasteiger partial charge in [-0.3, -0.25) is 4.79 Å². The van der Waals surface area contributed by atoms with Crippen LogP contribution in [0.2, 0.25) is 0 Å². The normalized spacial score (nSPS) is 12.5. The lowest BCUT2D eigenvalue weighted by Crippen LogP contribution is -2.39. The molecule has 0 aliphatic carbocycles. The van der Waals surface area contributed by atoms with Crippen molar-refractivity contribution >= 4 is 12.0 Å². The van der Waals surface area contributed by atoms with Gasteiger partial charge < -0.3 is 15.7 Å². The average Bonchev–Trinajstić information content (AvgIpc) is 2.37. The van der Waals surface area contributed by atoms with Gasteiger partial charge in [0.2, 0.25) is 0 Å². The van der Waals surface area contributed by atoms with Crippen LogP contribution in [0, 0.1) is 5.41 Å². The molecule has 3 N–H and O–H groups in total. The third-order valence-electron chi connectivity index (χ3n) is 3.05. The van der Waals surface area contributed by atoms with Crippen molar-refractivity contribution in [2.75, 3.05) is 6.54 Å². The molecule has 2 amide bonds. The van der Waals surface area contributed by atoms with E-state index in [4.69, 9.17) is 5.11 Å². The standard InChI is InChI=1S/C16H24N2O3/c1-16(2,3)9-10-17-15(21)18-13(11-14(19)20)12-7-5-4-6-8-12/h4-8,13H,9-11H2,1-3H3,(H,19,20)(H2,17,18,21). The van der Waals surface area contributed by atoms with E-state index in [1.807, 2.05) is 30.3 Å². The zero-order chi connectivity index (χ0) is 15.9. The molecule has 0 bridgehead atoms. The van der Waals surface area contributed by atoms with Crippen LogP contribution in [-0.2, 0) is 4.79 Å². The number of urea groups is 1. The summed E-state index contributed by atoms with van der Waals surface area (Å²) in [5.74, 6) is -0.946. The SMILES string of the molecule is CC(C)(C)CCNC(=O)NC(CC(=O)O)c1ccccc1. The smallest absolute Gasteiger partial charge is 0.315 e. The minimum absolute atomic E-state index is 0.142. The summed E-state index contributed by atoms with van der Waals surface area (Å²) in [6, 6.07) is 8.25. The highest BCUT2D eigenvalue weighted by Crippen LogP contribution is 2.18. The Kier molecular flexibility index (Phi) is 6.21. The molecule has 0 aliphatic heterocycles. The molecule has 1 aromatic rings. The molecule has 0 saturated carbocycles. The van der Waals surface area contributed by atoms with Crippen LogP contribution in [0.25, 0.3) is 0 Å². The van der Waals surface area contributed by atoms with Gasteiger partial charge in [0.05, 0.1) is 12.5 Å². The van der Waals surface area contributed by atoms with E-state index < -0.39 is 12.0 Å². The molecule has 0 spiro atoms. The third kappa shape index (κ3) is 7.34. The predicted molar refractivity (Wildman–Crippen MR) is 82.0 cm³/mol. The van der Waals surface area contributed by atoms with Gasteiger partial charge in [0.25, 0.3) is 0 Å². The fraction of sp³-hybridized carbons (Fsp3) is 0.500. The van der Waals surface area contributed by atoms with Gasteiger partial charge in [0, 0.05) is 6.54 Å². The minimum Gasteiger partial charge on any atom is -0.481 e. The summed E-state index contributed by atoms with van der Waals surface area (Å²) in [5, 5.41) is 14.5. The number of hydrogen-bond donors (Lipinski definition) is 3. The van der Waals surface area contributed by atoms with Gasteiger partial charge in [0.1, 0.15) is 0 Å². The van der Waals surface area contributed by atoms with Crippen molar-refractivity contribution in [3.05, 3.63) is 35.9 Å². The zero-order valence-corrected chi connectivity index (χ0v) is 12.8. The Morgan fingerprint density at radius 1 is 1.19 bits per heavy atom. The number of carboxylic acids is 1. The quantitative estimate of drug-likeness (QED) is 0.754. The lowest BCUT2D eigenvalue weighted by atomic mass is 9.92. The van der Waals surface area contributed by atoms with Crippen LogP contribution >= 0.6 is 0 Å². The molecule has 5 nitrogen and oxygen atoms in total. The zero-order valence-electron chi connectivity index (χ0n) is 12.8. The molecular formula is C16H24N2O3. The lowest BCUT2D eigenvalue weighted by Gasteiger charge is -2.20. The number of hydrogen-bond acceptors (Lipinski definition) is 2. The van der Waals surface area contributed by atoms with Crippen molar-refractivity contribution in [1.29, 1.82) is 0 Å². The Hall–Kier alpha value is -2.04. The molecule has 1 aromatic carbocycles. The van der Waals surface area contributed by atoms with Crippen LogP contribution in [0.1, 0.15) is 45.2 Å². The fourth-order valence-corrected chi connectivity index (χ4v) is 1.87. The summed E-state index contributed by atoms with van der Waals surface area (Å²) < 4.78 is 0. The molecule has 1 unspecified atom stereocenters. The Morgan fingerprint density at radius 2 is 1.81 bits per heavy atom. The maximum atomic E-state index is 11.9. The average molecular weight is 292 g/mol. The van der Waals surface area contributed by atoms with Crippen molar-refractivity contribution in [3.8, 4) is 0 Å². The molecule has 0 radical (unpaired) electrons. The predicted octanol–water partition coefficient (Wildman–Crippen LogP) is 2.94. The van der Waals surface area contributed by atoms with Crippen molar-refractivity contribution in [1.82, 2.24) is 10.6 Å². The molecule has 0 aliphatic rings. The number of benzene rings is 1.